The number of aryl methyl sites for hydroxylation is 1. The van der Waals surface area contributed by atoms with Gasteiger partial charge in [-0.15, -0.1) is 10.2 Å². The number of rotatable bonds is 6. The zero-order valence-electron chi connectivity index (χ0n) is 16.4. The largest absolute Gasteiger partial charge is 0.479 e. The van der Waals surface area contributed by atoms with Crippen LogP contribution in [0.25, 0.3) is 22.0 Å². The van der Waals surface area contributed by atoms with E-state index in [0.717, 1.165) is 23.6 Å². The van der Waals surface area contributed by atoms with Crippen molar-refractivity contribution in [1.29, 1.82) is 0 Å². The van der Waals surface area contributed by atoms with Crippen LogP contribution >= 0.6 is 0 Å². The summed E-state index contributed by atoms with van der Waals surface area (Å²) in [7, 11) is -2.13. The van der Waals surface area contributed by atoms with Gasteiger partial charge in [0.25, 0.3) is 0 Å². The molecule has 152 valence electrons. The number of methoxy groups -OCH3 is 1. The van der Waals surface area contributed by atoms with E-state index in [2.05, 4.69) is 14.9 Å². The highest BCUT2D eigenvalue weighted by atomic mass is 32.2. The maximum atomic E-state index is 12.9. The van der Waals surface area contributed by atoms with E-state index in [9.17, 15) is 8.42 Å². The maximum absolute atomic E-state index is 12.9. The third-order valence-corrected chi connectivity index (χ3v) is 6.69. The van der Waals surface area contributed by atoms with Gasteiger partial charge in [-0.2, -0.15) is 0 Å². The Bertz CT molecular complexity index is 1140. The molecule has 0 amide bonds. The Labute approximate surface area is 170 Å². The number of sulfonamides is 1. The molecule has 0 aliphatic carbocycles. The van der Waals surface area contributed by atoms with Crippen LogP contribution in [0.15, 0.2) is 47.4 Å². The van der Waals surface area contributed by atoms with Gasteiger partial charge in [0.2, 0.25) is 15.9 Å². The number of aromatic nitrogens is 2. The van der Waals surface area contributed by atoms with E-state index in [1.165, 1.54) is 0 Å². The summed E-state index contributed by atoms with van der Waals surface area (Å²) in [6.45, 7) is 2.74. The average molecular weight is 413 g/mol. The number of hydrogen-bond acceptors (Lipinski definition) is 6. The number of benzene rings is 2. The van der Waals surface area contributed by atoms with Crippen molar-refractivity contribution in [1.82, 2.24) is 14.9 Å². The van der Waals surface area contributed by atoms with Crippen LogP contribution in [0, 0.1) is 6.92 Å². The monoisotopic (exact) mass is 413 g/mol. The first kappa shape index (κ1) is 19.8. The second kappa shape index (κ2) is 8.06. The summed E-state index contributed by atoms with van der Waals surface area (Å²) in [5.74, 6) is 0.433. The van der Waals surface area contributed by atoms with Crippen molar-refractivity contribution in [3.63, 3.8) is 0 Å². The van der Waals surface area contributed by atoms with Crippen LogP contribution in [0.1, 0.15) is 18.4 Å². The molecule has 0 saturated carbocycles. The van der Waals surface area contributed by atoms with E-state index >= 15 is 0 Å². The van der Waals surface area contributed by atoms with Crippen molar-refractivity contribution in [2.24, 2.45) is 0 Å². The van der Waals surface area contributed by atoms with E-state index < -0.39 is 10.0 Å². The Kier molecular flexibility index (Phi) is 5.49. The van der Waals surface area contributed by atoms with Crippen LogP contribution in [0.4, 0.5) is 0 Å². The first-order valence-electron chi connectivity index (χ1n) is 9.51. The van der Waals surface area contributed by atoms with Gasteiger partial charge in [0.15, 0.2) is 0 Å². The number of hydrogen-bond donors (Lipinski definition) is 1. The van der Waals surface area contributed by atoms with Crippen LogP contribution in [0.5, 0.6) is 5.88 Å². The Hall–Kier alpha value is -2.55. The summed E-state index contributed by atoms with van der Waals surface area (Å²) in [5, 5.41) is 10.1. The minimum absolute atomic E-state index is 0.0651. The summed E-state index contributed by atoms with van der Waals surface area (Å²) >= 11 is 0. The number of nitrogens with zero attached hydrogens (tertiary/aromatic N) is 2. The molecule has 1 aliphatic rings. The molecule has 0 unspecified atom stereocenters. The number of fused-ring (bicyclic) bond motifs is 1. The fourth-order valence-corrected chi connectivity index (χ4v) is 4.90. The van der Waals surface area contributed by atoms with Gasteiger partial charge < -0.3 is 9.47 Å². The topological polar surface area (TPSA) is 90.4 Å². The van der Waals surface area contributed by atoms with E-state index in [1.54, 1.807) is 26.2 Å². The van der Waals surface area contributed by atoms with Crippen molar-refractivity contribution in [3.8, 4) is 17.1 Å². The molecule has 8 heteroatoms. The Morgan fingerprint density at radius 2 is 1.97 bits per heavy atom. The zero-order valence-corrected chi connectivity index (χ0v) is 17.2. The molecular weight excluding hydrogens is 390 g/mol. The van der Waals surface area contributed by atoms with E-state index in [0.29, 0.717) is 29.3 Å². The molecule has 1 atom stereocenters. The SMILES string of the molecule is COc1nnc(-c2ccc(C)c(S(=O)(=O)NC[C@H]3CCCO3)c2)c2ccccc12. The summed E-state index contributed by atoms with van der Waals surface area (Å²) in [6, 6.07) is 12.9. The smallest absolute Gasteiger partial charge is 0.241 e. The van der Waals surface area contributed by atoms with Crippen molar-refractivity contribution in [3.05, 3.63) is 48.0 Å². The second-order valence-electron chi connectivity index (χ2n) is 7.07. The van der Waals surface area contributed by atoms with Gasteiger partial charge in [0.1, 0.15) is 5.69 Å². The molecule has 1 fully saturated rings. The lowest BCUT2D eigenvalue weighted by Crippen LogP contribution is -2.32. The van der Waals surface area contributed by atoms with Gasteiger partial charge in [0, 0.05) is 29.5 Å². The normalized spacial score (nSPS) is 17.0. The molecule has 0 bridgehead atoms. The highest BCUT2D eigenvalue weighted by Crippen LogP contribution is 2.32. The van der Waals surface area contributed by atoms with E-state index in [1.807, 2.05) is 30.3 Å². The first-order chi connectivity index (χ1) is 14.0. The molecule has 1 saturated heterocycles. The molecule has 3 aromatic rings. The summed E-state index contributed by atoms with van der Waals surface area (Å²) in [6.07, 6.45) is 1.77. The maximum Gasteiger partial charge on any atom is 0.241 e. The summed E-state index contributed by atoms with van der Waals surface area (Å²) in [4.78, 5) is 0.231. The van der Waals surface area contributed by atoms with Crippen LogP contribution in [-0.4, -0.2) is 45.0 Å². The standard InChI is InChI=1S/C21H23N3O4S/c1-14-9-10-15(12-19(14)29(25,26)22-13-16-6-5-11-28-16)20-17-7-3-4-8-18(17)21(27-2)24-23-20/h3-4,7-10,12,16,22H,5-6,11,13H2,1-2H3/t16-/m1/s1. The Morgan fingerprint density at radius 1 is 1.17 bits per heavy atom. The lowest BCUT2D eigenvalue weighted by atomic mass is 10.0. The predicted octanol–water partition coefficient (Wildman–Crippen LogP) is 3.07. The van der Waals surface area contributed by atoms with Crippen molar-refractivity contribution in [2.45, 2.75) is 30.8 Å². The average Bonchev–Trinajstić information content (AvgIpc) is 3.26. The molecule has 0 radical (unpaired) electrons. The van der Waals surface area contributed by atoms with Gasteiger partial charge in [-0.3, -0.25) is 0 Å². The zero-order chi connectivity index (χ0) is 20.4. The van der Waals surface area contributed by atoms with Crippen molar-refractivity contribution >= 4 is 20.8 Å². The van der Waals surface area contributed by atoms with Gasteiger partial charge in [0.05, 0.1) is 18.1 Å². The molecule has 2 heterocycles. The summed E-state index contributed by atoms with van der Waals surface area (Å²) in [5.41, 5.74) is 1.95. The van der Waals surface area contributed by atoms with Crippen LogP contribution in [0.3, 0.4) is 0 Å². The third-order valence-electron chi connectivity index (χ3n) is 5.12. The Balaban J connectivity index is 1.73. The van der Waals surface area contributed by atoms with Gasteiger partial charge in [-0.1, -0.05) is 30.3 Å². The second-order valence-corrected chi connectivity index (χ2v) is 8.81. The minimum atomic E-state index is -3.68. The summed E-state index contributed by atoms with van der Waals surface area (Å²) < 4.78 is 39.4. The highest BCUT2D eigenvalue weighted by molar-refractivity contribution is 7.89. The van der Waals surface area contributed by atoms with Crippen LogP contribution in [-0.2, 0) is 14.8 Å². The van der Waals surface area contributed by atoms with Crippen molar-refractivity contribution in [2.75, 3.05) is 20.3 Å². The lowest BCUT2D eigenvalue weighted by molar-refractivity contribution is 0.114. The van der Waals surface area contributed by atoms with Crippen LogP contribution < -0.4 is 9.46 Å². The van der Waals surface area contributed by atoms with E-state index in [-0.39, 0.29) is 17.5 Å². The van der Waals surface area contributed by atoms with Gasteiger partial charge >= 0.3 is 0 Å². The predicted molar refractivity (Wildman–Crippen MR) is 110 cm³/mol. The molecule has 29 heavy (non-hydrogen) atoms. The quantitative estimate of drug-likeness (QED) is 0.668. The molecule has 2 aromatic carbocycles. The number of ether oxygens (including phenoxy) is 2. The molecule has 1 N–H and O–H groups in total. The number of nitrogens with one attached hydrogen (secondary N) is 1. The molecule has 1 aromatic heterocycles. The molecule has 7 nitrogen and oxygen atoms in total. The first-order valence-corrected chi connectivity index (χ1v) is 11.0. The lowest BCUT2D eigenvalue weighted by Gasteiger charge is -2.14. The third kappa shape index (κ3) is 3.96. The molecule has 0 spiro atoms. The van der Waals surface area contributed by atoms with Gasteiger partial charge in [-0.05, 0) is 37.5 Å². The fourth-order valence-electron chi connectivity index (χ4n) is 3.57. The highest BCUT2D eigenvalue weighted by Gasteiger charge is 2.22. The van der Waals surface area contributed by atoms with Crippen LogP contribution in [0.2, 0.25) is 0 Å². The Morgan fingerprint density at radius 3 is 2.69 bits per heavy atom. The minimum Gasteiger partial charge on any atom is -0.479 e. The van der Waals surface area contributed by atoms with E-state index in [4.69, 9.17) is 9.47 Å². The molecule has 1 aliphatic heterocycles. The molecule has 4 rings (SSSR count). The van der Waals surface area contributed by atoms with Gasteiger partial charge in [-0.25, -0.2) is 13.1 Å². The van der Waals surface area contributed by atoms with Crippen molar-refractivity contribution < 1.29 is 17.9 Å². The molecular formula is C21H23N3O4S. The fraction of sp³-hybridized carbons (Fsp3) is 0.333.